The molecule has 0 saturated heterocycles. The van der Waals surface area contributed by atoms with Gasteiger partial charge in [0.2, 0.25) is 0 Å². The van der Waals surface area contributed by atoms with Crippen molar-refractivity contribution in [2.45, 2.75) is 132 Å². The third kappa shape index (κ3) is 10.9. The number of nitrogens with zero attached hydrogens (tertiary/aromatic N) is 2. The standard InChI is InChI=1S/C122H106N2OSi/c1-78-68-84-70-82-71-85(69-78)121(84)108-67-63-92(75-111(108)119(4,5)105-46-24-21-40-102(105)116(82)121)124(90-60-54-81(55-61-90)97-38-19-20-39-98(97)101-45-29-51-114-115(101)104-42-23-26-50-113(104)125-114)112-49-28-43-99-100(112)44-27-48-107(99)120(6)76-86-72-83-73-87(77-120)122(86)109-66-62-91(74-110(109)118(2,3)106-47-25-22-41-103(106)117(83)122)123(88-30-11-7-12-31-88)89-58-52-79(53-59-89)80-56-64-96(65-57-80)126(93-32-13-8-14-33-93,94-34-15-9-16-35-94)95-36-17-10-18-37-95/h7-67,74-75,78,82-87,116-117H,68-73,76-77H2,1-6H3/t78?,82?,83?,84-,85+,86-,87+,116?,117?,120?,121?,122?. The van der Waals surface area contributed by atoms with E-state index in [1.165, 1.54) is 148 Å². The fraction of sp³-hybridized carbons (Fsp3) is 0.230. The second-order valence-corrected chi connectivity index (χ2v) is 44.3. The van der Waals surface area contributed by atoms with E-state index in [4.69, 9.17) is 4.42 Å². The highest BCUT2D eigenvalue weighted by molar-refractivity contribution is 7.19. The highest BCUT2D eigenvalue weighted by Crippen LogP contribution is 2.78. The Morgan fingerprint density at radius 1 is 0.286 bits per heavy atom. The van der Waals surface area contributed by atoms with E-state index in [-0.39, 0.29) is 27.1 Å². The van der Waals surface area contributed by atoms with Gasteiger partial charge in [0.05, 0.1) is 5.69 Å². The van der Waals surface area contributed by atoms with E-state index in [9.17, 15) is 0 Å². The van der Waals surface area contributed by atoms with Gasteiger partial charge in [-0.05, 0) is 298 Å². The molecule has 4 bridgehead atoms. The van der Waals surface area contributed by atoms with Crippen molar-refractivity contribution in [2.75, 3.05) is 9.80 Å². The highest BCUT2D eigenvalue weighted by Gasteiger charge is 2.72. The molecule has 614 valence electrons. The van der Waals surface area contributed by atoms with Gasteiger partial charge in [-0.1, -0.05) is 345 Å². The monoisotopic (exact) mass is 1640 g/mol. The lowest BCUT2D eigenvalue weighted by atomic mass is 9.48. The van der Waals surface area contributed by atoms with Crippen molar-refractivity contribution in [1.29, 1.82) is 0 Å². The predicted molar refractivity (Wildman–Crippen MR) is 527 cm³/mol. The molecular weight excluding hydrogens is 1540 g/mol. The second-order valence-electron chi connectivity index (χ2n) is 40.5. The van der Waals surface area contributed by atoms with Crippen molar-refractivity contribution >= 4 is 95.7 Å². The van der Waals surface area contributed by atoms with E-state index >= 15 is 0 Å². The highest BCUT2D eigenvalue weighted by atomic mass is 28.3. The molecule has 3 nitrogen and oxygen atoms in total. The van der Waals surface area contributed by atoms with Gasteiger partial charge >= 0.3 is 0 Å². The fourth-order valence-electron chi connectivity index (χ4n) is 29.3. The summed E-state index contributed by atoms with van der Waals surface area (Å²) in [5.74, 6) is 5.42. The zero-order chi connectivity index (χ0) is 84.2. The average molecular weight is 1640 g/mol. The molecule has 8 aliphatic carbocycles. The third-order valence-electron chi connectivity index (χ3n) is 33.8. The fourth-order valence-corrected chi connectivity index (χ4v) is 34.1. The first kappa shape index (κ1) is 75.9. The molecule has 8 unspecified atom stereocenters. The number of hydrogen-bond acceptors (Lipinski definition) is 3. The van der Waals surface area contributed by atoms with E-state index in [2.05, 4.69) is 434 Å². The zero-order valence-electron chi connectivity index (χ0n) is 73.0. The van der Waals surface area contributed by atoms with E-state index in [0.29, 0.717) is 41.4 Å². The molecule has 4 heteroatoms. The first-order valence-corrected chi connectivity index (χ1v) is 48.9. The van der Waals surface area contributed by atoms with Crippen LogP contribution >= 0.6 is 0 Å². The van der Waals surface area contributed by atoms with Gasteiger partial charge in [-0.25, -0.2) is 0 Å². The molecule has 1 aromatic heterocycles. The van der Waals surface area contributed by atoms with Crippen LogP contribution in [0.1, 0.15) is 155 Å². The lowest BCUT2D eigenvalue weighted by Gasteiger charge is -2.55. The molecule has 2 spiro atoms. The summed E-state index contributed by atoms with van der Waals surface area (Å²) in [6.45, 7) is 15.5. The summed E-state index contributed by atoms with van der Waals surface area (Å²) < 4.78 is 6.53. The molecule has 126 heavy (non-hydrogen) atoms. The van der Waals surface area contributed by atoms with Crippen LogP contribution < -0.4 is 30.5 Å². The molecule has 0 N–H and O–H groups in total. The number of fused-ring (bicyclic) bond motifs is 8. The van der Waals surface area contributed by atoms with Gasteiger partial charge in [0.15, 0.2) is 8.07 Å². The Bertz CT molecular complexity index is 7020. The molecule has 16 aromatic carbocycles. The summed E-state index contributed by atoms with van der Waals surface area (Å²) in [4.78, 5) is 5.20. The van der Waals surface area contributed by atoms with Crippen LogP contribution in [0.15, 0.2) is 387 Å². The van der Waals surface area contributed by atoms with Crippen molar-refractivity contribution < 1.29 is 4.42 Å². The molecule has 12 atom stereocenters. The molecular formula is C122H106N2OSi. The predicted octanol–water partition coefficient (Wildman–Crippen LogP) is 28.9. The maximum Gasteiger partial charge on any atom is 0.179 e. The molecule has 0 amide bonds. The van der Waals surface area contributed by atoms with E-state index in [1.807, 2.05) is 0 Å². The summed E-state index contributed by atoms with van der Waals surface area (Å²) in [6, 6.07) is 148. The molecule has 1 heterocycles. The zero-order valence-corrected chi connectivity index (χ0v) is 74.0. The number of para-hydroxylation sites is 2. The second kappa shape index (κ2) is 28.5. The van der Waals surface area contributed by atoms with Crippen molar-refractivity contribution in [1.82, 2.24) is 0 Å². The van der Waals surface area contributed by atoms with Gasteiger partial charge in [0.25, 0.3) is 0 Å². The lowest BCUT2D eigenvalue weighted by Crippen LogP contribution is -2.74. The Hall–Kier alpha value is -12.6. The molecule has 0 aliphatic heterocycles. The number of rotatable bonds is 14. The quantitative estimate of drug-likeness (QED) is 0.0799. The molecule has 6 saturated carbocycles. The smallest absolute Gasteiger partial charge is 0.179 e. The number of benzene rings is 16. The maximum atomic E-state index is 6.53. The SMILES string of the molecule is CC1C[C@@H]2CC3C[C@H](C1)C21c2ccc(N(c4ccc(-c5ccccc5-c5cccc6oc7ccccc7c56)cc4)c4cccc5c(C6(C)C[C@H]7CC8C[C@@H](C6)C76c7ccc(N(c9ccccc9)c9ccc(-c%10ccc([Si](c%11ccccc%11)(c%11ccccc%11)c%11ccccc%11)cc%10)cc9)cc7C(C)(C)c7ccccc7C86)cccc45)cc2C(C)(C)c2ccccc2C31. The molecule has 0 radical (unpaired) electrons. The third-order valence-corrected chi connectivity index (χ3v) is 38.6. The van der Waals surface area contributed by atoms with Gasteiger partial charge in [-0.3, -0.25) is 0 Å². The largest absolute Gasteiger partial charge is 0.456 e. The Kier molecular flexibility index (Phi) is 17.1. The molecule has 25 rings (SSSR count). The van der Waals surface area contributed by atoms with Crippen molar-refractivity contribution in [3.8, 4) is 33.4 Å². The van der Waals surface area contributed by atoms with Crippen molar-refractivity contribution in [3.05, 3.63) is 432 Å². The first-order chi connectivity index (χ1) is 61.7. The van der Waals surface area contributed by atoms with Crippen LogP contribution in [0.2, 0.25) is 0 Å². The van der Waals surface area contributed by atoms with Gasteiger partial charge < -0.3 is 14.2 Å². The lowest BCUT2D eigenvalue weighted by molar-refractivity contribution is 0.0628. The van der Waals surface area contributed by atoms with Crippen LogP contribution in [0.4, 0.5) is 34.1 Å². The van der Waals surface area contributed by atoms with E-state index in [0.717, 1.165) is 63.7 Å². The minimum Gasteiger partial charge on any atom is -0.456 e. The summed E-state index contributed by atoms with van der Waals surface area (Å²) >= 11 is 0. The number of furan rings is 1. The Morgan fingerprint density at radius 3 is 1.28 bits per heavy atom. The maximum absolute atomic E-state index is 6.53. The Labute approximate surface area is 743 Å². The summed E-state index contributed by atoms with van der Waals surface area (Å²) in [7, 11) is -2.69. The average Bonchev–Trinajstić information content (AvgIpc) is 1.50. The van der Waals surface area contributed by atoms with Gasteiger partial charge in [-0.15, -0.1) is 0 Å². The summed E-state index contributed by atoms with van der Waals surface area (Å²) in [5.41, 5.74) is 29.6. The van der Waals surface area contributed by atoms with E-state index in [1.54, 1.807) is 22.3 Å². The molecule has 6 fully saturated rings. The van der Waals surface area contributed by atoms with Crippen LogP contribution in [-0.4, -0.2) is 8.07 Å². The van der Waals surface area contributed by atoms with Crippen LogP contribution in [0.25, 0.3) is 66.1 Å². The number of hydrogen-bond donors (Lipinski definition) is 0. The topological polar surface area (TPSA) is 19.6 Å². The van der Waals surface area contributed by atoms with Crippen LogP contribution in [-0.2, 0) is 27.1 Å². The van der Waals surface area contributed by atoms with Crippen molar-refractivity contribution in [2.24, 2.45) is 41.4 Å². The number of anilines is 6. The first-order valence-electron chi connectivity index (χ1n) is 46.9. The van der Waals surface area contributed by atoms with Crippen LogP contribution in [0, 0.1) is 41.4 Å². The molecule has 17 aromatic rings. The van der Waals surface area contributed by atoms with Gasteiger partial charge in [-0.2, -0.15) is 0 Å². The Balaban J connectivity index is 0.595. The Morgan fingerprint density at radius 2 is 0.690 bits per heavy atom. The minimum atomic E-state index is -2.69. The van der Waals surface area contributed by atoms with Crippen LogP contribution in [0.5, 0.6) is 0 Å². The molecule has 8 aliphatic rings. The van der Waals surface area contributed by atoms with Crippen molar-refractivity contribution in [3.63, 3.8) is 0 Å². The van der Waals surface area contributed by atoms with Gasteiger partial charge in [0.1, 0.15) is 11.2 Å². The van der Waals surface area contributed by atoms with Crippen LogP contribution in [0.3, 0.4) is 0 Å². The van der Waals surface area contributed by atoms with Gasteiger partial charge in [0, 0.05) is 66.3 Å². The summed E-state index contributed by atoms with van der Waals surface area (Å²) in [5, 5.41) is 10.5. The minimum absolute atomic E-state index is 0.0314. The summed E-state index contributed by atoms with van der Waals surface area (Å²) in [6.07, 6.45) is 10.1. The normalized spacial score (nSPS) is 24.6. The van der Waals surface area contributed by atoms with E-state index < -0.39 is 8.07 Å².